The average molecular weight is 313 g/mol. The van der Waals surface area contributed by atoms with Crippen LogP contribution in [0.5, 0.6) is 0 Å². The maximum Gasteiger partial charge on any atom is 0.168 e. The second kappa shape index (κ2) is 5.24. The SMILES string of the molecule is Clc1ccc(C2=C(c3ccccc3)SC3=NCCN32)cc1. The normalized spacial score (nSPS) is 17.2. The lowest BCUT2D eigenvalue weighted by Crippen LogP contribution is -2.19. The number of nitrogens with zero attached hydrogens (tertiary/aromatic N) is 2. The number of benzene rings is 2. The third kappa shape index (κ3) is 2.27. The van der Waals surface area contributed by atoms with Gasteiger partial charge < -0.3 is 4.90 Å². The third-order valence-corrected chi connectivity index (χ3v) is 5.05. The number of hydrogen-bond acceptors (Lipinski definition) is 3. The summed E-state index contributed by atoms with van der Waals surface area (Å²) >= 11 is 7.79. The van der Waals surface area contributed by atoms with Crippen molar-refractivity contribution in [2.45, 2.75) is 0 Å². The molecule has 0 unspecified atom stereocenters. The maximum absolute atomic E-state index is 6.02. The summed E-state index contributed by atoms with van der Waals surface area (Å²) in [5.74, 6) is 0. The van der Waals surface area contributed by atoms with Gasteiger partial charge in [0.15, 0.2) is 5.17 Å². The van der Waals surface area contributed by atoms with E-state index in [1.165, 1.54) is 21.7 Å². The van der Waals surface area contributed by atoms with E-state index in [1.54, 1.807) is 11.8 Å². The molecule has 2 aromatic carbocycles. The topological polar surface area (TPSA) is 15.6 Å². The third-order valence-electron chi connectivity index (χ3n) is 3.63. The minimum Gasteiger partial charge on any atom is -0.317 e. The van der Waals surface area contributed by atoms with Gasteiger partial charge in [0.05, 0.1) is 12.2 Å². The number of aliphatic imine (C=N–C) groups is 1. The molecular weight excluding hydrogens is 300 g/mol. The first-order valence-corrected chi connectivity index (χ1v) is 8.08. The van der Waals surface area contributed by atoms with Gasteiger partial charge in [-0.05, 0) is 35.0 Å². The first kappa shape index (κ1) is 13.0. The quantitative estimate of drug-likeness (QED) is 0.806. The van der Waals surface area contributed by atoms with Crippen molar-refractivity contribution >= 4 is 39.1 Å². The molecule has 0 aromatic heterocycles. The summed E-state index contributed by atoms with van der Waals surface area (Å²) in [6, 6.07) is 18.6. The first-order valence-electron chi connectivity index (χ1n) is 6.88. The monoisotopic (exact) mass is 312 g/mol. The molecule has 0 bridgehead atoms. The molecule has 0 N–H and O–H groups in total. The van der Waals surface area contributed by atoms with Gasteiger partial charge in [-0.2, -0.15) is 0 Å². The number of hydrogen-bond donors (Lipinski definition) is 0. The van der Waals surface area contributed by atoms with Gasteiger partial charge >= 0.3 is 0 Å². The zero-order valence-corrected chi connectivity index (χ0v) is 12.9. The minimum absolute atomic E-state index is 0.765. The molecule has 0 saturated carbocycles. The van der Waals surface area contributed by atoms with Crippen LogP contribution in [0, 0.1) is 0 Å². The van der Waals surface area contributed by atoms with E-state index >= 15 is 0 Å². The molecule has 2 aliphatic rings. The molecule has 2 heterocycles. The van der Waals surface area contributed by atoms with E-state index in [-0.39, 0.29) is 0 Å². The van der Waals surface area contributed by atoms with E-state index in [1.807, 2.05) is 18.2 Å². The zero-order valence-electron chi connectivity index (χ0n) is 11.3. The molecule has 104 valence electrons. The number of rotatable bonds is 2. The Morgan fingerprint density at radius 2 is 1.71 bits per heavy atom. The van der Waals surface area contributed by atoms with E-state index in [0.29, 0.717) is 0 Å². The Morgan fingerprint density at radius 3 is 2.48 bits per heavy atom. The highest BCUT2D eigenvalue weighted by Gasteiger charge is 2.33. The number of thioether (sulfide) groups is 1. The van der Waals surface area contributed by atoms with Crippen LogP contribution in [-0.2, 0) is 0 Å². The minimum atomic E-state index is 0.765. The lowest BCUT2D eigenvalue weighted by Gasteiger charge is -2.17. The van der Waals surface area contributed by atoms with Gasteiger partial charge in [0.25, 0.3) is 0 Å². The highest BCUT2D eigenvalue weighted by molar-refractivity contribution is 8.22. The van der Waals surface area contributed by atoms with E-state index in [0.717, 1.165) is 23.3 Å². The van der Waals surface area contributed by atoms with E-state index in [2.05, 4.69) is 46.3 Å². The fourth-order valence-electron chi connectivity index (χ4n) is 2.66. The van der Waals surface area contributed by atoms with Gasteiger partial charge in [0, 0.05) is 16.5 Å². The molecule has 4 heteroatoms. The molecule has 0 amide bonds. The van der Waals surface area contributed by atoms with Crippen LogP contribution in [-0.4, -0.2) is 23.2 Å². The molecule has 0 spiro atoms. The van der Waals surface area contributed by atoms with E-state index in [9.17, 15) is 0 Å². The van der Waals surface area contributed by atoms with Crippen molar-refractivity contribution in [2.75, 3.05) is 13.1 Å². The largest absolute Gasteiger partial charge is 0.317 e. The molecule has 0 fully saturated rings. The van der Waals surface area contributed by atoms with Crippen LogP contribution in [0.1, 0.15) is 11.1 Å². The van der Waals surface area contributed by atoms with Crippen LogP contribution in [0.3, 0.4) is 0 Å². The van der Waals surface area contributed by atoms with Crippen LogP contribution in [0.4, 0.5) is 0 Å². The molecule has 2 nitrogen and oxygen atoms in total. The lowest BCUT2D eigenvalue weighted by molar-refractivity contribution is 0.651. The van der Waals surface area contributed by atoms with Gasteiger partial charge in [-0.3, -0.25) is 4.99 Å². The second-order valence-corrected chi connectivity index (χ2v) is 6.38. The van der Waals surface area contributed by atoms with Gasteiger partial charge in [0.1, 0.15) is 0 Å². The van der Waals surface area contributed by atoms with Crippen molar-refractivity contribution in [3.63, 3.8) is 0 Å². The predicted molar refractivity (Wildman–Crippen MR) is 91.3 cm³/mol. The van der Waals surface area contributed by atoms with Gasteiger partial charge in [-0.25, -0.2) is 0 Å². The summed E-state index contributed by atoms with van der Waals surface area (Å²) in [7, 11) is 0. The summed E-state index contributed by atoms with van der Waals surface area (Å²) in [6.07, 6.45) is 0. The summed E-state index contributed by atoms with van der Waals surface area (Å²) in [6.45, 7) is 1.83. The Bertz CT molecular complexity index is 735. The molecule has 2 aliphatic heterocycles. The Morgan fingerprint density at radius 1 is 0.952 bits per heavy atom. The van der Waals surface area contributed by atoms with Crippen LogP contribution in [0.2, 0.25) is 5.02 Å². The van der Waals surface area contributed by atoms with Crippen LogP contribution >= 0.6 is 23.4 Å². The summed E-state index contributed by atoms with van der Waals surface area (Å²) < 4.78 is 0. The van der Waals surface area contributed by atoms with Crippen LogP contribution in [0.25, 0.3) is 10.6 Å². The smallest absolute Gasteiger partial charge is 0.168 e. The average Bonchev–Trinajstić information content (AvgIpc) is 3.10. The Labute approximate surface area is 133 Å². The summed E-state index contributed by atoms with van der Waals surface area (Å²) in [5.41, 5.74) is 3.68. The van der Waals surface area contributed by atoms with E-state index in [4.69, 9.17) is 11.6 Å². The zero-order chi connectivity index (χ0) is 14.2. The van der Waals surface area contributed by atoms with Crippen molar-refractivity contribution in [3.8, 4) is 0 Å². The second-order valence-electron chi connectivity index (χ2n) is 4.97. The molecular formula is C17H13ClN2S. The fraction of sp³-hybridized carbons (Fsp3) is 0.118. The Hall–Kier alpha value is -1.71. The summed E-state index contributed by atoms with van der Waals surface area (Å²) in [5, 5.41) is 1.88. The molecule has 0 aliphatic carbocycles. The fourth-order valence-corrected chi connectivity index (χ4v) is 4.00. The Balaban J connectivity index is 1.88. The number of halogens is 1. The van der Waals surface area contributed by atoms with Crippen LogP contribution < -0.4 is 0 Å². The van der Waals surface area contributed by atoms with Crippen molar-refractivity contribution in [3.05, 3.63) is 70.7 Å². The molecule has 2 aromatic rings. The van der Waals surface area contributed by atoms with Crippen molar-refractivity contribution < 1.29 is 0 Å². The Kier molecular flexibility index (Phi) is 3.24. The lowest BCUT2D eigenvalue weighted by atomic mass is 10.1. The molecule has 21 heavy (non-hydrogen) atoms. The van der Waals surface area contributed by atoms with Gasteiger partial charge in [0.2, 0.25) is 0 Å². The molecule has 4 rings (SSSR count). The van der Waals surface area contributed by atoms with E-state index < -0.39 is 0 Å². The van der Waals surface area contributed by atoms with Crippen molar-refractivity contribution in [2.24, 2.45) is 4.99 Å². The first-order chi connectivity index (χ1) is 10.3. The molecule has 0 atom stereocenters. The van der Waals surface area contributed by atoms with Crippen molar-refractivity contribution in [1.29, 1.82) is 0 Å². The standard InChI is InChI=1S/C17H13ClN2S/c18-14-8-6-12(7-9-14)15-16(13-4-2-1-3-5-13)21-17-19-10-11-20(15)17/h1-9H,10-11H2. The number of amidine groups is 1. The predicted octanol–water partition coefficient (Wildman–Crippen LogP) is 4.58. The van der Waals surface area contributed by atoms with Gasteiger partial charge in [-0.15, -0.1) is 0 Å². The van der Waals surface area contributed by atoms with Gasteiger partial charge in [-0.1, -0.05) is 54.1 Å². The molecule has 0 radical (unpaired) electrons. The summed E-state index contributed by atoms with van der Waals surface area (Å²) in [4.78, 5) is 8.19. The van der Waals surface area contributed by atoms with Crippen molar-refractivity contribution in [1.82, 2.24) is 4.90 Å². The molecule has 0 saturated heterocycles. The van der Waals surface area contributed by atoms with Crippen LogP contribution in [0.15, 0.2) is 59.6 Å². The highest BCUT2D eigenvalue weighted by atomic mass is 35.5. The maximum atomic E-state index is 6.02. The number of fused-ring (bicyclic) bond motifs is 1. The highest BCUT2D eigenvalue weighted by Crippen LogP contribution is 2.46.